The molecule has 0 unspecified atom stereocenters. The normalized spacial score (nSPS) is 12.0. The molecular weight excluding hydrogens is 364 g/mol. The monoisotopic (exact) mass is 380 g/mol. The third-order valence-corrected chi connectivity index (χ3v) is 5.23. The molecule has 0 saturated heterocycles. The number of rotatable bonds is 3. The molecular formula is C20H16N2O4S. The number of fused-ring (bicyclic) bond motifs is 2. The number of esters is 1. The Morgan fingerprint density at radius 2 is 2.00 bits per heavy atom. The lowest BCUT2D eigenvalue weighted by molar-refractivity contribution is -0.141. The number of hydrogen-bond acceptors (Lipinski definition) is 5. The zero-order valence-electron chi connectivity index (χ0n) is 14.8. The van der Waals surface area contributed by atoms with Crippen molar-refractivity contribution in [2.24, 2.45) is 4.99 Å². The van der Waals surface area contributed by atoms with Crippen LogP contribution in [0.2, 0.25) is 0 Å². The molecule has 136 valence electrons. The predicted octanol–water partition coefficient (Wildman–Crippen LogP) is 3.67. The van der Waals surface area contributed by atoms with E-state index in [1.807, 2.05) is 43.3 Å². The Bertz CT molecular complexity index is 1210. The highest BCUT2D eigenvalue weighted by Gasteiger charge is 2.15. The molecule has 6 nitrogen and oxygen atoms in total. The van der Waals surface area contributed by atoms with Crippen LogP contribution in [-0.2, 0) is 16.1 Å². The minimum Gasteiger partial charge on any atom is -0.468 e. The van der Waals surface area contributed by atoms with Crippen LogP contribution >= 0.6 is 11.3 Å². The summed E-state index contributed by atoms with van der Waals surface area (Å²) < 4.78 is 13.0. The Labute approximate surface area is 158 Å². The van der Waals surface area contributed by atoms with Gasteiger partial charge < -0.3 is 13.7 Å². The van der Waals surface area contributed by atoms with Gasteiger partial charge in [-0.25, -0.2) is 0 Å². The number of hydrogen-bond donors (Lipinski definition) is 0. The first-order valence-corrected chi connectivity index (χ1v) is 9.11. The summed E-state index contributed by atoms with van der Waals surface area (Å²) in [7, 11) is 1.33. The fraction of sp³-hybridized carbons (Fsp3) is 0.150. The maximum absolute atomic E-state index is 12.7. The van der Waals surface area contributed by atoms with Crippen molar-refractivity contribution in [2.75, 3.05) is 7.11 Å². The predicted molar refractivity (Wildman–Crippen MR) is 103 cm³/mol. The minimum atomic E-state index is -0.493. The van der Waals surface area contributed by atoms with Crippen LogP contribution in [0.5, 0.6) is 0 Å². The molecule has 27 heavy (non-hydrogen) atoms. The summed E-state index contributed by atoms with van der Waals surface area (Å²) >= 11 is 1.35. The van der Waals surface area contributed by atoms with Crippen molar-refractivity contribution in [3.05, 3.63) is 64.7 Å². The van der Waals surface area contributed by atoms with E-state index in [-0.39, 0.29) is 12.3 Å². The van der Waals surface area contributed by atoms with E-state index >= 15 is 0 Å². The SMILES string of the molecule is COC(=O)Cn1c(=NC(=O)c2cc3ccccc3o2)sc2cc(C)ccc21. The van der Waals surface area contributed by atoms with Gasteiger partial charge in [-0.3, -0.25) is 9.59 Å². The number of methoxy groups -OCH3 is 1. The van der Waals surface area contributed by atoms with Crippen molar-refractivity contribution < 1.29 is 18.7 Å². The molecule has 0 bridgehead atoms. The minimum absolute atomic E-state index is 0.0220. The van der Waals surface area contributed by atoms with Crippen molar-refractivity contribution in [1.29, 1.82) is 0 Å². The fourth-order valence-corrected chi connectivity index (χ4v) is 3.97. The number of carbonyl (C=O) groups is 2. The maximum atomic E-state index is 12.7. The van der Waals surface area contributed by atoms with Gasteiger partial charge in [0.2, 0.25) is 0 Å². The number of furan rings is 1. The molecule has 0 spiro atoms. The Hall–Kier alpha value is -3.19. The van der Waals surface area contributed by atoms with E-state index in [0.717, 1.165) is 21.2 Å². The molecule has 0 saturated carbocycles. The zero-order chi connectivity index (χ0) is 19.0. The molecule has 1 amide bonds. The number of para-hydroxylation sites is 1. The van der Waals surface area contributed by atoms with Crippen molar-refractivity contribution >= 4 is 44.4 Å². The Balaban J connectivity index is 1.84. The largest absolute Gasteiger partial charge is 0.468 e. The second-order valence-electron chi connectivity index (χ2n) is 6.08. The van der Waals surface area contributed by atoms with Gasteiger partial charge in [-0.05, 0) is 36.8 Å². The van der Waals surface area contributed by atoms with E-state index in [4.69, 9.17) is 9.15 Å². The van der Waals surface area contributed by atoms with Crippen LogP contribution in [0.3, 0.4) is 0 Å². The van der Waals surface area contributed by atoms with Gasteiger partial charge in [0.1, 0.15) is 12.1 Å². The van der Waals surface area contributed by atoms with Crippen molar-refractivity contribution in [3.63, 3.8) is 0 Å². The van der Waals surface area contributed by atoms with Crippen molar-refractivity contribution in [2.45, 2.75) is 13.5 Å². The van der Waals surface area contributed by atoms with E-state index in [9.17, 15) is 9.59 Å². The number of aryl methyl sites for hydroxylation is 1. The van der Waals surface area contributed by atoms with Crippen LogP contribution in [0.1, 0.15) is 16.1 Å². The van der Waals surface area contributed by atoms with Gasteiger partial charge in [0, 0.05) is 5.39 Å². The molecule has 0 radical (unpaired) electrons. The maximum Gasteiger partial charge on any atom is 0.325 e. The summed E-state index contributed by atoms with van der Waals surface area (Å²) in [6, 6.07) is 14.9. The van der Waals surface area contributed by atoms with Crippen molar-refractivity contribution in [3.8, 4) is 0 Å². The van der Waals surface area contributed by atoms with Crippen LogP contribution in [-0.4, -0.2) is 23.6 Å². The lowest BCUT2D eigenvalue weighted by Gasteiger charge is -2.03. The number of carbonyl (C=O) groups excluding carboxylic acids is 2. The lowest BCUT2D eigenvalue weighted by Crippen LogP contribution is -2.22. The van der Waals surface area contributed by atoms with Crippen LogP contribution in [0, 0.1) is 6.92 Å². The summed E-state index contributed by atoms with van der Waals surface area (Å²) in [4.78, 5) is 29.1. The van der Waals surface area contributed by atoms with Crippen LogP contribution in [0.15, 0.2) is 57.9 Å². The van der Waals surface area contributed by atoms with E-state index in [1.54, 1.807) is 16.7 Å². The first kappa shape index (κ1) is 17.2. The number of thiazole rings is 1. The average Bonchev–Trinajstić information content (AvgIpc) is 3.23. The van der Waals surface area contributed by atoms with Gasteiger partial charge in [-0.2, -0.15) is 4.99 Å². The van der Waals surface area contributed by atoms with Gasteiger partial charge >= 0.3 is 11.9 Å². The quantitative estimate of drug-likeness (QED) is 0.508. The first-order valence-electron chi connectivity index (χ1n) is 8.29. The van der Waals surface area contributed by atoms with Gasteiger partial charge in [-0.1, -0.05) is 35.6 Å². The molecule has 7 heteroatoms. The lowest BCUT2D eigenvalue weighted by atomic mass is 10.2. The standard InChI is InChI=1S/C20H16N2O4S/c1-12-7-8-14-17(9-12)27-20(22(14)11-18(23)25-2)21-19(24)16-10-13-5-3-4-6-15(13)26-16/h3-10H,11H2,1-2H3. The number of benzene rings is 2. The highest BCUT2D eigenvalue weighted by atomic mass is 32.1. The molecule has 0 fully saturated rings. The van der Waals surface area contributed by atoms with Gasteiger partial charge in [0.25, 0.3) is 0 Å². The van der Waals surface area contributed by atoms with E-state index in [2.05, 4.69) is 4.99 Å². The van der Waals surface area contributed by atoms with E-state index in [0.29, 0.717) is 10.4 Å². The van der Waals surface area contributed by atoms with E-state index in [1.165, 1.54) is 18.4 Å². The number of ether oxygens (including phenoxy) is 1. The Morgan fingerprint density at radius 1 is 1.19 bits per heavy atom. The Kier molecular flexibility index (Phi) is 4.37. The second-order valence-corrected chi connectivity index (χ2v) is 7.09. The highest BCUT2D eigenvalue weighted by molar-refractivity contribution is 7.16. The van der Waals surface area contributed by atoms with Crippen LogP contribution in [0.25, 0.3) is 21.2 Å². The fourth-order valence-electron chi connectivity index (χ4n) is 2.84. The number of aromatic nitrogens is 1. The highest BCUT2D eigenvalue weighted by Crippen LogP contribution is 2.21. The third-order valence-electron chi connectivity index (χ3n) is 4.19. The van der Waals surface area contributed by atoms with Gasteiger partial charge in [-0.15, -0.1) is 0 Å². The van der Waals surface area contributed by atoms with Gasteiger partial charge in [0.15, 0.2) is 10.6 Å². The smallest absolute Gasteiger partial charge is 0.325 e. The van der Waals surface area contributed by atoms with Crippen molar-refractivity contribution in [1.82, 2.24) is 4.57 Å². The summed E-state index contributed by atoms with van der Waals surface area (Å²) in [6.07, 6.45) is 0. The third kappa shape index (κ3) is 3.29. The van der Waals surface area contributed by atoms with Gasteiger partial charge in [0.05, 0.1) is 17.3 Å². The molecule has 0 atom stereocenters. The summed E-state index contributed by atoms with van der Waals surface area (Å²) in [5, 5.41) is 0.838. The molecule has 0 aliphatic rings. The number of nitrogens with zero attached hydrogens (tertiary/aromatic N) is 2. The zero-order valence-corrected chi connectivity index (χ0v) is 15.6. The Morgan fingerprint density at radius 3 is 2.78 bits per heavy atom. The first-order chi connectivity index (χ1) is 13.0. The summed E-state index contributed by atoms with van der Waals surface area (Å²) in [6.45, 7) is 1.96. The topological polar surface area (TPSA) is 73.8 Å². The molecule has 2 heterocycles. The molecule has 4 aromatic rings. The summed E-state index contributed by atoms with van der Waals surface area (Å²) in [5.74, 6) is -0.740. The molecule has 0 aliphatic carbocycles. The average molecular weight is 380 g/mol. The van der Waals surface area contributed by atoms with Crippen LogP contribution < -0.4 is 4.80 Å². The molecule has 2 aromatic carbocycles. The number of amides is 1. The second kappa shape index (κ2) is 6.85. The molecule has 0 N–H and O–H groups in total. The molecule has 2 aromatic heterocycles. The van der Waals surface area contributed by atoms with E-state index < -0.39 is 11.9 Å². The van der Waals surface area contributed by atoms with Crippen LogP contribution in [0.4, 0.5) is 0 Å². The molecule has 0 aliphatic heterocycles. The summed E-state index contributed by atoms with van der Waals surface area (Å²) in [5.41, 5.74) is 2.54. The molecule has 4 rings (SSSR count).